The van der Waals surface area contributed by atoms with Gasteiger partial charge in [-0.15, -0.1) is 0 Å². The molecule has 1 aliphatic heterocycles. The number of hydrogen-bond donors (Lipinski definition) is 1. The molecule has 1 atom stereocenters. The van der Waals surface area contributed by atoms with Crippen molar-refractivity contribution in [1.29, 1.82) is 0 Å². The number of benzene rings is 2. The summed E-state index contributed by atoms with van der Waals surface area (Å²) in [7, 11) is -3.48. The minimum atomic E-state index is -3.48. The van der Waals surface area contributed by atoms with Crippen LogP contribution < -0.4 is 0 Å². The number of fused-ring (bicyclic) bond motifs is 1. The molecule has 2 heterocycles. The van der Waals surface area contributed by atoms with Crippen LogP contribution in [0.25, 0.3) is 10.9 Å². The average molecular weight is 358 g/mol. The maximum Gasteiger partial charge on any atom is 0.243 e. The van der Waals surface area contributed by atoms with E-state index in [9.17, 15) is 12.8 Å². The van der Waals surface area contributed by atoms with Crippen LogP contribution in [0.5, 0.6) is 0 Å². The Morgan fingerprint density at radius 3 is 2.68 bits per heavy atom. The highest BCUT2D eigenvalue weighted by Gasteiger charge is 2.31. The van der Waals surface area contributed by atoms with E-state index in [1.807, 2.05) is 12.1 Å². The van der Waals surface area contributed by atoms with Crippen molar-refractivity contribution in [2.45, 2.75) is 23.7 Å². The maximum atomic E-state index is 13.4. The van der Waals surface area contributed by atoms with Crippen LogP contribution in [0.15, 0.2) is 59.5 Å². The molecule has 1 saturated heterocycles. The van der Waals surface area contributed by atoms with Crippen molar-refractivity contribution in [3.63, 3.8) is 0 Å². The third kappa shape index (κ3) is 3.07. The van der Waals surface area contributed by atoms with Crippen molar-refractivity contribution in [3.8, 4) is 0 Å². The van der Waals surface area contributed by atoms with Crippen LogP contribution in [0, 0.1) is 5.82 Å². The SMILES string of the molecule is O=S(=O)(c1ccccc1)N1CCCC(c2cc3cc(F)ccc3[nH]2)C1. The van der Waals surface area contributed by atoms with Gasteiger partial charge in [-0.1, -0.05) is 18.2 Å². The summed E-state index contributed by atoms with van der Waals surface area (Å²) in [6, 6.07) is 15.1. The maximum absolute atomic E-state index is 13.4. The van der Waals surface area contributed by atoms with E-state index >= 15 is 0 Å². The number of rotatable bonds is 3. The molecule has 0 aliphatic carbocycles. The Hall–Kier alpha value is -2.18. The molecule has 25 heavy (non-hydrogen) atoms. The molecule has 3 aromatic rings. The molecule has 0 radical (unpaired) electrons. The number of aromatic amines is 1. The first-order chi connectivity index (χ1) is 12.0. The minimum absolute atomic E-state index is 0.0858. The van der Waals surface area contributed by atoms with Gasteiger partial charge in [-0.05, 0) is 49.2 Å². The van der Waals surface area contributed by atoms with Gasteiger partial charge in [0, 0.05) is 35.6 Å². The predicted molar refractivity (Wildman–Crippen MR) is 95.4 cm³/mol. The van der Waals surface area contributed by atoms with Gasteiger partial charge in [0.25, 0.3) is 0 Å². The molecule has 1 N–H and O–H groups in total. The third-order valence-electron chi connectivity index (χ3n) is 4.81. The van der Waals surface area contributed by atoms with E-state index in [0.29, 0.717) is 18.0 Å². The molecule has 130 valence electrons. The molecule has 0 bridgehead atoms. The number of halogens is 1. The summed E-state index contributed by atoms with van der Waals surface area (Å²) in [5, 5.41) is 0.818. The van der Waals surface area contributed by atoms with Gasteiger partial charge in [0.1, 0.15) is 5.82 Å². The Balaban J connectivity index is 1.62. The Morgan fingerprint density at radius 1 is 1.08 bits per heavy atom. The van der Waals surface area contributed by atoms with Crippen molar-refractivity contribution >= 4 is 20.9 Å². The Bertz CT molecular complexity index is 999. The van der Waals surface area contributed by atoms with Crippen molar-refractivity contribution in [2.24, 2.45) is 0 Å². The smallest absolute Gasteiger partial charge is 0.243 e. The highest BCUT2D eigenvalue weighted by molar-refractivity contribution is 7.89. The molecule has 1 aliphatic rings. The van der Waals surface area contributed by atoms with Crippen LogP contribution in [-0.4, -0.2) is 30.8 Å². The Labute approximate surface area is 146 Å². The van der Waals surface area contributed by atoms with Crippen LogP contribution in [-0.2, 0) is 10.0 Å². The van der Waals surface area contributed by atoms with Crippen LogP contribution in [0.2, 0.25) is 0 Å². The molecular formula is C19H19FN2O2S. The summed E-state index contributed by atoms with van der Waals surface area (Å²) in [4.78, 5) is 3.64. The average Bonchev–Trinajstić information content (AvgIpc) is 3.06. The van der Waals surface area contributed by atoms with E-state index in [-0.39, 0.29) is 11.7 Å². The number of aromatic nitrogens is 1. The molecule has 6 heteroatoms. The summed E-state index contributed by atoms with van der Waals surface area (Å²) >= 11 is 0. The standard InChI is InChI=1S/C19H19FN2O2S/c20-16-8-9-18-15(11-16)12-19(21-18)14-5-4-10-22(13-14)25(23,24)17-6-2-1-3-7-17/h1-3,6-9,11-12,14,21H,4-5,10,13H2. The van der Waals surface area contributed by atoms with Gasteiger partial charge >= 0.3 is 0 Å². The second kappa shape index (κ2) is 6.28. The summed E-state index contributed by atoms with van der Waals surface area (Å²) < 4.78 is 40.6. The quantitative estimate of drug-likeness (QED) is 0.773. The first-order valence-corrected chi connectivity index (χ1v) is 9.81. The summed E-state index contributed by atoms with van der Waals surface area (Å²) in [5.41, 5.74) is 1.84. The number of nitrogens with one attached hydrogen (secondary N) is 1. The molecule has 4 nitrogen and oxygen atoms in total. The molecule has 0 amide bonds. The molecule has 1 aromatic heterocycles. The topological polar surface area (TPSA) is 53.2 Å². The van der Waals surface area contributed by atoms with E-state index in [1.165, 1.54) is 12.1 Å². The second-order valence-corrected chi connectivity index (χ2v) is 8.41. The second-order valence-electron chi connectivity index (χ2n) is 6.47. The van der Waals surface area contributed by atoms with Crippen LogP contribution in [0.1, 0.15) is 24.5 Å². The van der Waals surface area contributed by atoms with Crippen LogP contribution in [0.3, 0.4) is 0 Å². The zero-order valence-corrected chi connectivity index (χ0v) is 14.5. The highest BCUT2D eigenvalue weighted by Crippen LogP contribution is 2.31. The van der Waals surface area contributed by atoms with Crippen molar-refractivity contribution < 1.29 is 12.8 Å². The lowest BCUT2D eigenvalue weighted by molar-refractivity contribution is 0.313. The van der Waals surface area contributed by atoms with Gasteiger partial charge in [0.15, 0.2) is 0 Å². The fourth-order valence-corrected chi connectivity index (χ4v) is 5.05. The minimum Gasteiger partial charge on any atom is -0.358 e. The lowest BCUT2D eigenvalue weighted by atomic mass is 9.96. The Kier molecular flexibility index (Phi) is 4.09. The van der Waals surface area contributed by atoms with E-state index in [1.54, 1.807) is 34.6 Å². The first-order valence-electron chi connectivity index (χ1n) is 8.37. The van der Waals surface area contributed by atoms with E-state index in [4.69, 9.17) is 0 Å². The van der Waals surface area contributed by atoms with Crippen molar-refractivity contribution in [1.82, 2.24) is 9.29 Å². The highest BCUT2D eigenvalue weighted by atomic mass is 32.2. The van der Waals surface area contributed by atoms with Gasteiger partial charge in [-0.2, -0.15) is 4.31 Å². The zero-order chi connectivity index (χ0) is 17.4. The lowest BCUT2D eigenvalue weighted by Crippen LogP contribution is -2.39. The number of sulfonamides is 1. The molecule has 1 unspecified atom stereocenters. The predicted octanol–water partition coefficient (Wildman–Crippen LogP) is 3.88. The molecular weight excluding hydrogens is 339 g/mol. The van der Waals surface area contributed by atoms with Gasteiger partial charge in [0.2, 0.25) is 10.0 Å². The summed E-state index contributed by atoms with van der Waals surface area (Å²) in [6.45, 7) is 0.967. The number of hydrogen-bond acceptors (Lipinski definition) is 2. The summed E-state index contributed by atoms with van der Waals surface area (Å²) in [6.07, 6.45) is 1.72. The Morgan fingerprint density at radius 2 is 1.88 bits per heavy atom. The molecule has 0 saturated carbocycles. The number of piperidine rings is 1. The van der Waals surface area contributed by atoms with Gasteiger partial charge in [-0.25, -0.2) is 12.8 Å². The van der Waals surface area contributed by atoms with E-state index < -0.39 is 10.0 Å². The summed E-state index contributed by atoms with van der Waals surface area (Å²) in [5.74, 6) is -0.183. The monoisotopic (exact) mass is 358 g/mol. The van der Waals surface area contributed by atoms with E-state index in [0.717, 1.165) is 29.4 Å². The van der Waals surface area contributed by atoms with Crippen molar-refractivity contribution in [2.75, 3.05) is 13.1 Å². The normalized spacial score (nSPS) is 19.3. The van der Waals surface area contributed by atoms with Crippen molar-refractivity contribution in [3.05, 3.63) is 66.1 Å². The molecule has 4 rings (SSSR count). The third-order valence-corrected chi connectivity index (χ3v) is 6.69. The lowest BCUT2D eigenvalue weighted by Gasteiger charge is -2.31. The number of nitrogens with zero attached hydrogens (tertiary/aromatic N) is 1. The van der Waals surface area contributed by atoms with Crippen LogP contribution >= 0.6 is 0 Å². The largest absolute Gasteiger partial charge is 0.358 e. The fourth-order valence-electron chi connectivity index (χ4n) is 3.50. The van der Waals surface area contributed by atoms with Gasteiger partial charge in [0.05, 0.1) is 4.90 Å². The zero-order valence-electron chi connectivity index (χ0n) is 13.7. The van der Waals surface area contributed by atoms with Crippen LogP contribution in [0.4, 0.5) is 4.39 Å². The fraction of sp³-hybridized carbons (Fsp3) is 0.263. The molecule has 1 fully saturated rings. The molecule has 2 aromatic carbocycles. The van der Waals surface area contributed by atoms with E-state index in [2.05, 4.69) is 4.98 Å². The molecule has 0 spiro atoms. The van der Waals surface area contributed by atoms with Gasteiger partial charge < -0.3 is 4.98 Å². The first kappa shape index (κ1) is 16.3. The van der Waals surface area contributed by atoms with Gasteiger partial charge in [-0.3, -0.25) is 0 Å². The number of H-pyrrole nitrogens is 1.